The molecule has 0 unspecified atom stereocenters. The maximum absolute atomic E-state index is 12.6. The Morgan fingerprint density at radius 3 is 2.48 bits per heavy atom. The molecule has 0 spiro atoms. The lowest BCUT2D eigenvalue weighted by Gasteiger charge is -2.35. The van der Waals surface area contributed by atoms with Crippen molar-refractivity contribution in [2.24, 2.45) is 11.8 Å². The summed E-state index contributed by atoms with van der Waals surface area (Å²) in [5.41, 5.74) is 0. The van der Waals surface area contributed by atoms with Crippen molar-refractivity contribution in [3.8, 4) is 0 Å². The van der Waals surface area contributed by atoms with Crippen LogP contribution in [-0.4, -0.2) is 77.2 Å². The number of carbonyl (C=O) groups excluding carboxylic acids is 4. The summed E-state index contributed by atoms with van der Waals surface area (Å²) in [4.78, 5) is 53.1. The highest BCUT2D eigenvalue weighted by Gasteiger charge is 2.38. The van der Waals surface area contributed by atoms with Gasteiger partial charge in [0.15, 0.2) is 0 Å². The third-order valence-corrected chi connectivity index (χ3v) is 5.23. The van der Waals surface area contributed by atoms with E-state index < -0.39 is 6.03 Å². The molecule has 138 valence electrons. The molecule has 5 amide bonds. The highest BCUT2D eigenvalue weighted by atomic mass is 16.2. The number of urea groups is 1. The van der Waals surface area contributed by atoms with E-state index in [2.05, 4.69) is 19.2 Å². The maximum Gasteiger partial charge on any atom is 0.325 e. The summed E-state index contributed by atoms with van der Waals surface area (Å²) in [5.74, 6) is 0.249. The third-order valence-electron chi connectivity index (χ3n) is 5.23. The van der Waals surface area contributed by atoms with Gasteiger partial charge < -0.3 is 15.1 Å². The summed E-state index contributed by atoms with van der Waals surface area (Å²) < 4.78 is 0. The fraction of sp³-hybridized carbons (Fsp3) is 0.765. The zero-order valence-electron chi connectivity index (χ0n) is 14.9. The van der Waals surface area contributed by atoms with Crippen LogP contribution in [0.3, 0.4) is 0 Å². The van der Waals surface area contributed by atoms with Gasteiger partial charge in [0.2, 0.25) is 11.8 Å². The maximum atomic E-state index is 12.6. The minimum absolute atomic E-state index is 0.0253. The highest BCUT2D eigenvalue weighted by Crippen LogP contribution is 2.32. The molecular weight excluding hydrogens is 324 g/mol. The molecule has 8 heteroatoms. The van der Waals surface area contributed by atoms with Crippen LogP contribution in [0.4, 0.5) is 4.79 Å². The lowest BCUT2D eigenvalue weighted by Crippen LogP contribution is -2.50. The Balaban J connectivity index is 1.69. The Bertz CT molecular complexity index is 571. The third kappa shape index (κ3) is 3.93. The van der Waals surface area contributed by atoms with Crippen molar-refractivity contribution < 1.29 is 19.2 Å². The smallest absolute Gasteiger partial charge is 0.325 e. The molecule has 25 heavy (non-hydrogen) atoms. The van der Waals surface area contributed by atoms with Crippen LogP contribution in [0.5, 0.6) is 0 Å². The Morgan fingerprint density at radius 1 is 1.20 bits per heavy atom. The van der Waals surface area contributed by atoms with Crippen LogP contribution >= 0.6 is 0 Å². The summed E-state index contributed by atoms with van der Waals surface area (Å²) in [7, 11) is 0. The second kappa shape index (κ2) is 7.01. The average molecular weight is 350 g/mol. The van der Waals surface area contributed by atoms with E-state index in [1.54, 1.807) is 4.90 Å². The fourth-order valence-electron chi connectivity index (χ4n) is 3.44. The SMILES string of the molecule is CC(C)[C@@H]1CN(C(=O)CN2C(=O)CNC2=O)CCC(=O)N1CC1CC1. The number of hydrogen-bond acceptors (Lipinski definition) is 4. The normalized spacial score (nSPS) is 24.8. The molecule has 0 bridgehead atoms. The van der Waals surface area contributed by atoms with Gasteiger partial charge in [0.25, 0.3) is 5.91 Å². The van der Waals surface area contributed by atoms with Crippen molar-refractivity contribution in [1.29, 1.82) is 0 Å². The van der Waals surface area contributed by atoms with E-state index in [4.69, 9.17) is 0 Å². The summed E-state index contributed by atoms with van der Waals surface area (Å²) in [5, 5.41) is 2.41. The number of amides is 5. The van der Waals surface area contributed by atoms with Gasteiger partial charge in [-0.05, 0) is 24.7 Å². The van der Waals surface area contributed by atoms with Crippen molar-refractivity contribution in [3.63, 3.8) is 0 Å². The Labute approximate surface area is 147 Å². The molecule has 8 nitrogen and oxygen atoms in total. The molecule has 3 fully saturated rings. The average Bonchev–Trinajstić information content (AvgIpc) is 3.35. The number of carbonyl (C=O) groups is 4. The molecule has 1 saturated carbocycles. The van der Waals surface area contributed by atoms with Crippen molar-refractivity contribution in [1.82, 2.24) is 20.0 Å². The Kier molecular flexibility index (Phi) is 4.96. The lowest BCUT2D eigenvalue weighted by molar-refractivity contribution is -0.137. The molecule has 0 radical (unpaired) electrons. The van der Waals surface area contributed by atoms with Crippen LogP contribution in [0.1, 0.15) is 33.1 Å². The molecule has 1 aliphatic carbocycles. The van der Waals surface area contributed by atoms with Gasteiger partial charge in [0.05, 0.1) is 12.6 Å². The highest BCUT2D eigenvalue weighted by molar-refractivity contribution is 6.04. The van der Waals surface area contributed by atoms with E-state index in [0.29, 0.717) is 25.4 Å². The monoisotopic (exact) mass is 350 g/mol. The Morgan fingerprint density at radius 2 is 1.92 bits per heavy atom. The molecule has 2 aliphatic heterocycles. The van der Waals surface area contributed by atoms with Crippen LogP contribution < -0.4 is 5.32 Å². The summed E-state index contributed by atoms with van der Waals surface area (Å²) in [6, 6.07) is -0.553. The Hall–Kier alpha value is -2.12. The number of imide groups is 1. The van der Waals surface area contributed by atoms with E-state index >= 15 is 0 Å². The molecule has 0 aromatic rings. The van der Waals surface area contributed by atoms with Gasteiger partial charge in [0, 0.05) is 26.1 Å². The van der Waals surface area contributed by atoms with Gasteiger partial charge in [-0.15, -0.1) is 0 Å². The van der Waals surface area contributed by atoms with Crippen LogP contribution in [0.15, 0.2) is 0 Å². The minimum Gasteiger partial charge on any atom is -0.339 e. The van der Waals surface area contributed by atoms with Gasteiger partial charge in [-0.25, -0.2) is 4.79 Å². The molecule has 2 heterocycles. The molecule has 3 aliphatic rings. The molecular formula is C17H26N4O4. The van der Waals surface area contributed by atoms with Crippen molar-refractivity contribution >= 4 is 23.8 Å². The summed E-state index contributed by atoms with van der Waals surface area (Å²) in [6.45, 7) is 5.37. The molecule has 1 atom stereocenters. The van der Waals surface area contributed by atoms with Gasteiger partial charge in [-0.1, -0.05) is 13.8 Å². The van der Waals surface area contributed by atoms with E-state index in [1.165, 1.54) is 12.8 Å². The number of nitrogens with one attached hydrogen (secondary N) is 1. The summed E-state index contributed by atoms with van der Waals surface area (Å²) >= 11 is 0. The number of nitrogens with zero attached hydrogens (tertiary/aromatic N) is 3. The molecule has 0 aromatic carbocycles. The number of rotatable bonds is 5. The first kappa shape index (κ1) is 17.7. The molecule has 0 aromatic heterocycles. The van der Waals surface area contributed by atoms with E-state index in [9.17, 15) is 19.2 Å². The van der Waals surface area contributed by atoms with Crippen molar-refractivity contribution in [3.05, 3.63) is 0 Å². The van der Waals surface area contributed by atoms with Crippen LogP contribution in [0.2, 0.25) is 0 Å². The quantitative estimate of drug-likeness (QED) is 0.709. The van der Waals surface area contributed by atoms with Crippen LogP contribution in [-0.2, 0) is 14.4 Å². The first-order valence-corrected chi connectivity index (χ1v) is 9.02. The standard InChI is InChI=1S/C17H26N4O4/c1-11(2)13-9-19(6-5-14(22)20(13)8-12-3-4-12)16(24)10-21-15(23)7-18-17(21)25/h11-13H,3-10H2,1-2H3,(H,18,25)/t13-/m0/s1. The summed E-state index contributed by atoms with van der Waals surface area (Å²) in [6.07, 6.45) is 2.63. The zero-order chi connectivity index (χ0) is 18.1. The lowest BCUT2D eigenvalue weighted by atomic mass is 10.0. The first-order chi connectivity index (χ1) is 11.9. The largest absolute Gasteiger partial charge is 0.339 e. The van der Waals surface area contributed by atoms with E-state index in [1.807, 2.05) is 4.90 Å². The molecule has 1 N–H and O–H groups in total. The fourth-order valence-corrected chi connectivity index (χ4v) is 3.44. The van der Waals surface area contributed by atoms with E-state index in [0.717, 1.165) is 11.4 Å². The van der Waals surface area contributed by atoms with Crippen LogP contribution in [0.25, 0.3) is 0 Å². The number of hydrogen-bond donors (Lipinski definition) is 1. The first-order valence-electron chi connectivity index (χ1n) is 9.02. The predicted molar refractivity (Wildman–Crippen MR) is 89.4 cm³/mol. The predicted octanol–water partition coefficient (Wildman–Crippen LogP) is 0.0337. The van der Waals surface area contributed by atoms with Crippen molar-refractivity contribution in [2.45, 2.75) is 39.2 Å². The molecule has 2 saturated heterocycles. The second-order valence-corrected chi connectivity index (χ2v) is 7.53. The second-order valence-electron chi connectivity index (χ2n) is 7.53. The minimum atomic E-state index is -0.528. The zero-order valence-corrected chi connectivity index (χ0v) is 14.9. The van der Waals surface area contributed by atoms with Gasteiger partial charge >= 0.3 is 6.03 Å². The van der Waals surface area contributed by atoms with Gasteiger partial charge in [-0.3, -0.25) is 19.3 Å². The van der Waals surface area contributed by atoms with E-state index in [-0.39, 0.29) is 42.8 Å². The van der Waals surface area contributed by atoms with Crippen LogP contribution in [0, 0.1) is 11.8 Å². The van der Waals surface area contributed by atoms with Crippen molar-refractivity contribution in [2.75, 3.05) is 32.7 Å². The topological polar surface area (TPSA) is 90.0 Å². The van der Waals surface area contributed by atoms with Gasteiger partial charge in [0.1, 0.15) is 6.54 Å². The van der Waals surface area contributed by atoms with Gasteiger partial charge in [-0.2, -0.15) is 0 Å². The molecule has 3 rings (SSSR count).